The molecule has 2 atom stereocenters. The van der Waals surface area contributed by atoms with Gasteiger partial charge in [-0.1, -0.05) is 6.07 Å². The van der Waals surface area contributed by atoms with E-state index in [0.29, 0.717) is 12.0 Å². The van der Waals surface area contributed by atoms with Crippen molar-refractivity contribution in [2.45, 2.75) is 31.2 Å². The van der Waals surface area contributed by atoms with E-state index in [4.69, 9.17) is 5.11 Å². The number of carboxylic acid groups (broad SMARTS) is 1. The van der Waals surface area contributed by atoms with Crippen LogP contribution >= 0.6 is 0 Å². The molecular weight excluding hydrogens is 223 g/mol. The van der Waals surface area contributed by atoms with Crippen LogP contribution in [0.2, 0.25) is 0 Å². The van der Waals surface area contributed by atoms with Crippen molar-refractivity contribution in [3.63, 3.8) is 0 Å². The third-order valence-corrected chi connectivity index (χ3v) is 3.14. The molecule has 4 nitrogen and oxygen atoms in total. The summed E-state index contributed by atoms with van der Waals surface area (Å²) >= 11 is 0. The molecule has 1 aromatic rings. The van der Waals surface area contributed by atoms with Crippen molar-refractivity contribution in [2.24, 2.45) is 0 Å². The molecule has 0 saturated carbocycles. The highest BCUT2D eigenvalue weighted by Gasteiger charge is 2.26. The third kappa shape index (κ3) is 3.00. The molecule has 1 saturated heterocycles. The fraction of sp³-hybridized carbons (Fsp3) is 0.500. The molecule has 0 spiro atoms. The lowest BCUT2D eigenvalue weighted by Gasteiger charge is -2.29. The predicted octanol–water partition coefficient (Wildman–Crippen LogP) is 1.53. The zero-order valence-corrected chi connectivity index (χ0v) is 9.40. The van der Waals surface area contributed by atoms with Gasteiger partial charge in [0.2, 0.25) is 5.95 Å². The minimum atomic E-state index is -0.824. The normalized spacial score (nSPS) is 24.5. The molecule has 1 aliphatic heterocycles. The first-order chi connectivity index (χ1) is 8.16. The molecular formula is C12H15FN2O2. The number of aromatic nitrogens is 1. The molecule has 5 heteroatoms. The first-order valence-electron chi connectivity index (χ1n) is 5.72. The second kappa shape index (κ2) is 5.23. The largest absolute Gasteiger partial charge is 0.481 e. The fourth-order valence-corrected chi connectivity index (χ4v) is 2.36. The summed E-state index contributed by atoms with van der Waals surface area (Å²) in [5.74, 6) is -1.20. The third-order valence-electron chi connectivity index (χ3n) is 3.14. The van der Waals surface area contributed by atoms with Crippen LogP contribution in [-0.4, -0.2) is 28.6 Å². The van der Waals surface area contributed by atoms with Gasteiger partial charge in [-0.3, -0.25) is 4.79 Å². The van der Waals surface area contributed by atoms with Gasteiger partial charge in [0.25, 0.3) is 0 Å². The van der Waals surface area contributed by atoms with E-state index in [1.165, 1.54) is 6.20 Å². The Balaban J connectivity index is 2.07. The van der Waals surface area contributed by atoms with Gasteiger partial charge < -0.3 is 10.4 Å². The second-order valence-electron chi connectivity index (χ2n) is 4.35. The zero-order valence-electron chi connectivity index (χ0n) is 9.40. The van der Waals surface area contributed by atoms with E-state index in [1.807, 2.05) is 0 Å². The molecule has 0 radical (unpaired) electrons. The van der Waals surface area contributed by atoms with Gasteiger partial charge in [-0.05, 0) is 31.4 Å². The lowest BCUT2D eigenvalue weighted by atomic mass is 9.86. The van der Waals surface area contributed by atoms with Crippen molar-refractivity contribution >= 4 is 5.97 Å². The molecule has 0 aliphatic carbocycles. The Morgan fingerprint density at radius 3 is 3.18 bits per heavy atom. The van der Waals surface area contributed by atoms with Crippen LogP contribution in [0.5, 0.6) is 0 Å². The quantitative estimate of drug-likeness (QED) is 0.784. The van der Waals surface area contributed by atoms with Crippen molar-refractivity contribution < 1.29 is 14.3 Å². The van der Waals surface area contributed by atoms with Crippen LogP contribution in [0, 0.1) is 5.95 Å². The average molecular weight is 238 g/mol. The minimum Gasteiger partial charge on any atom is -0.481 e. The van der Waals surface area contributed by atoms with Gasteiger partial charge in [-0.2, -0.15) is 4.39 Å². The van der Waals surface area contributed by atoms with E-state index in [1.54, 1.807) is 12.1 Å². The molecule has 2 unspecified atom stereocenters. The molecule has 0 bridgehead atoms. The minimum absolute atomic E-state index is 0.0642. The predicted molar refractivity (Wildman–Crippen MR) is 60.2 cm³/mol. The Hall–Kier alpha value is -1.49. The van der Waals surface area contributed by atoms with Crippen LogP contribution in [0.1, 0.15) is 30.7 Å². The first-order valence-corrected chi connectivity index (χ1v) is 5.72. The van der Waals surface area contributed by atoms with Crippen molar-refractivity contribution in [1.82, 2.24) is 10.3 Å². The average Bonchev–Trinajstić information content (AvgIpc) is 2.29. The van der Waals surface area contributed by atoms with Crippen molar-refractivity contribution in [1.29, 1.82) is 0 Å². The number of carbonyl (C=O) groups is 1. The zero-order chi connectivity index (χ0) is 12.3. The molecule has 2 rings (SSSR count). The number of nitrogens with one attached hydrogen (secondary N) is 1. The summed E-state index contributed by atoms with van der Waals surface area (Å²) in [5, 5.41) is 11.9. The van der Waals surface area contributed by atoms with Gasteiger partial charge in [-0.25, -0.2) is 4.98 Å². The van der Waals surface area contributed by atoms with Crippen molar-refractivity contribution in [3.8, 4) is 0 Å². The van der Waals surface area contributed by atoms with Crippen molar-refractivity contribution in [2.75, 3.05) is 6.54 Å². The Morgan fingerprint density at radius 2 is 2.47 bits per heavy atom. The summed E-state index contributed by atoms with van der Waals surface area (Å²) in [4.78, 5) is 14.3. The number of rotatable bonds is 3. The lowest BCUT2D eigenvalue weighted by molar-refractivity contribution is -0.137. The highest BCUT2D eigenvalue weighted by atomic mass is 19.1. The molecule has 1 aliphatic rings. The number of carboxylic acids is 1. The topological polar surface area (TPSA) is 62.2 Å². The van der Waals surface area contributed by atoms with Gasteiger partial charge in [0.1, 0.15) is 0 Å². The van der Waals surface area contributed by atoms with Crippen LogP contribution < -0.4 is 5.32 Å². The summed E-state index contributed by atoms with van der Waals surface area (Å²) in [6.45, 7) is 0.719. The highest BCUT2D eigenvalue weighted by Crippen LogP contribution is 2.29. The van der Waals surface area contributed by atoms with E-state index >= 15 is 0 Å². The SMILES string of the molecule is O=C(O)CC1CC(c2cccnc2F)CCN1. The number of hydrogen-bond acceptors (Lipinski definition) is 3. The lowest BCUT2D eigenvalue weighted by Crippen LogP contribution is -2.39. The van der Waals surface area contributed by atoms with Crippen LogP contribution in [0.25, 0.3) is 0 Å². The summed E-state index contributed by atoms with van der Waals surface area (Å²) < 4.78 is 13.5. The van der Waals surface area contributed by atoms with Gasteiger partial charge in [-0.15, -0.1) is 0 Å². The Kier molecular flexibility index (Phi) is 3.68. The number of pyridine rings is 1. The molecule has 92 valence electrons. The van der Waals surface area contributed by atoms with Crippen LogP contribution in [0.15, 0.2) is 18.3 Å². The molecule has 17 heavy (non-hydrogen) atoms. The smallest absolute Gasteiger partial charge is 0.304 e. The number of hydrogen-bond donors (Lipinski definition) is 2. The number of piperidine rings is 1. The van der Waals surface area contributed by atoms with Crippen LogP contribution in [-0.2, 0) is 4.79 Å². The van der Waals surface area contributed by atoms with Crippen LogP contribution in [0.3, 0.4) is 0 Å². The molecule has 2 N–H and O–H groups in total. The maximum atomic E-state index is 13.5. The summed E-state index contributed by atoms with van der Waals surface area (Å²) in [6, 6.07) is 3.37. The standard InChI is InChI=1S/C12H15FN2O2/c13-12-10(2-1-4-15-12)8-3-5-14-9(6-8)7-11(16)17/h1-2,4,8-9,14H,3,5-7H2,(H,16,17). The molecule has 0 amide bonds. The highest BCUT2D eigenvalue weighted by molar-refractivity contribution is 5.67. The molecule has 2 heterocycles. The molecule has 1 fully saturated rings. The van der Waals surface area contributed by atoms with E-state index in [9.17, 15) is 9.18 Å². The van der Waals surface area contributed by atoms with Gasteiger partial charge in [0.05, 0.1) is 6.42 Å². The Bertz CT molecular complexity index is 411. The van der Waals surface area contributed by atoms with E-state index in [-0.39, 0.29) is 18.4 Å². The van der Waals surface area contributed by atoms with Gasteiger partial charge >= 0.3 is 5.97 Å². The summed E-state index contributed by atoms with van der Waals surface area (Å²) in [5.41, 5.74) is 0.601. The second-order valence-corrected chi connectivity index (χ2v) is 4.35. The van der Waals surface area contributed by atoms with Gasteiger partial charge in [0.15, 0.2) is 0 Å². The fourth-order valence-electron chi connectivity index (χ4n) is 2.36. The molecule has 1 aromatic heterocycles. The first kappa shape index (κ1) is 12.0. The Labute approximate surface area is 98.9 Å². The number of halogens is 1. The van der Waals surface area contributed by atoms with Crippen LogP contribution in [0.4, 0.5) is 4.39 Å². The Morgan fingerprint density at radius 1 is 1.65 bits per heavy atom. The monoisotopic (exact) mass is 238 g/mol. The van der Waals surface area contributed by atoms with Crippen molar-refractivity contribution in [3.05, 3.63) is 29.8 Å². The number of nitrogens with zero attached hydrogens (tertiary/aromatic N) is 1. The van der Waals surface area contributed by atoms with E-state index in [0.717, 1.165) is 13.0 Å². The summed E-state index contributed by atoms with van der Waals surface area (Å²) in [6.07, 6.45) is 2.97. The summed E-state index contributed by atoms with van der Waals surface area (Å²) in [7, 11) is 0. The number of aliphatic carboxylic acids is 1. The van der Waals surface area contributed by atoms with E-state index < -0.39 is 11.9 Å². The van der Waals surface area contributed by atoms with E-state index in [2.05, 4.69) is 10.3 Å². The molecule has 0 aromatic carbocycles. The maximum Gasteiger partial charge on any atom is 0.304 e. The maximum absolute atomic E-state index is 13.5. The van der Waals surface area contributed by atoms with Gasteiger partial charge in [0, 0.05) is 17.8 Å².